The third-order valence-corrected chi connectivity index (χ3v) is 2.48. The summed E-state index contributed by atoms with van der Waals surface area (Å²) in [5, 5.41) is 0.503. The predicted molar refractivity (Wildman–Crippen MR) is 60.6 cm³/mol. The summed E-state index contributed by atoms with van der Waals surface area (Å²) in [6, 6.07) is 4.68. The van der Waals surface area contributed by atoms with E-state index in [2.05, 4.69) is 9.72 Å². The van der Waals surface area contributed by atoms with E-state index in [9.17, 15) is 9.59 Å². The van der Waals surface area contributed by atoms with Crippen molar-refractivity contribution in [3.05, 3.63) is 45.7 Å². The SMILES string of the molecule is COC(=O)c1cc(C)c2[nH]ccc(=O)c2c1. The molecule has 0 amide bonds. The molecule has 4 heteroatoms. The van der Waals surface area contributed by atoms with Crippen LogP contribution in [0.2, 0.25) is 0 Å². The van der Waals surface area contributed by atoms with Crippen molar-refractivity contribution in [1.82, 2.24) is 4.98 Å². The van der Waals surface area contributed by atoms with Crippen LogP contribution in [-0.4, -0.2) is 18.1 Å². The third-order valence-electron chi connectivity index (χ3n) is 2.48. The highest BCUT2D eigenvalue weighted by molar-refractivity contribution is 5.95. The van der Waals surface area contributed by atoms with Crippen molar-refractivity contribution in [1.29, 1.82) is 0 Å². The number of benzene rings is 1. The summed E-state index contributed by atoms with van der Waals surface area (Å²) < 4.78 is 4.63. The molecule has 1 heterocycles. The highest BCUT2D eigenvalue weighted by atomic mass is 16.5. The largest absolute Gasteiger partial charge is 0.465 e. The number of esters is 1. The van der Waals surface area contributed by atoms with Crippen LogP contribution in [0.1, 0.15) is 15.9 Å². The maximum absolute atomic E-state index is 11.6. The van der Waals surface area contributed by atoms with Crippen molar-refractivity contribution in [2.75, 3.05) is 7.11 Å². The molecule has 0 aliphatic rings. The van der Waals surface area contributed by atoms with E-state index in [1.807, 2.05) is 6.92 Å². The number of ether oxygens (including phenoxy) is 1. The zero-order chi connectivity index (χ0) is 11.7. The van der Waals surface area contributed by atoms with E-state index in [0.29, 0.717) is 10.9 Å². The van der Waals surface area contributed by atoms with Crippen LogP contribution >= 0.6 is 0 Å². The van der Waals surface area contributed by atoms with E-state index in [0.717, 1.165) is 11.1 Å². The van der Waals surface area contributed by atoms with Gasteiger partial charge in [-0.25, -0.2) is 4.79 Å². The number of aromatic nitrogens is 1. The van der Waals surface area contributed by atoms with Gasteiger partial charge in [0.25, 0.3) is 0 Å². The molecule has 2 aromatic rings. The van der Waals surface area contributed by atoms with Gasteiger partial charge in [0, 0.05) is 17.6 Å². The van der Waals surface area contributed by atoms with Crippen LogP contribution in [-0.2, 0) is 4.74 Å². The lowest BCUT2D eigenvalue weighted by molar-refractivity contribution is 0.0601. The molecule has 0 atom stereocenters. The number of hydrogen-bond acceptors (Lipinski definition) is 3. The molecule has 2 rings (SSSR count). The summed E-state index contributed by atoms with van der Waals surface area (Å²) in [5.41, 5.74) is 1.88. The van der Waals surface area contributed by atoms with Crippen molar-refractivity contribution in [2.45, 2.75) is 6.92 Å². The smallest absolute Gasteiger partial charge is 0.337 e. The maximum Gasteiger partial charge on any atom is 0.337 e. The van der Waals surface area contributed by atoms with Crippen LogP contribution in [0.25, 0.3) is 10.9 Å². The van der Waals surface area contributed by atoms with Gasteiger partial charge in [-0.1, -0.05) is 0 Å². The lowest BCUT2D eigenvalue weighted by atomic mass is 10.1. The monoisotopic (exact) mass is 217 g/mol. The Balaban J connectivity index is 2.80. The number of nitrogens with one attached hydrogen (secondary N) is 1. The molecule has 0 radical (unpaired) electrons. The number of H-pyrrole nitrogens is 1. The molecule has 1 aromatic heterocycles. The molecule has 82 valence electrons. The quantitative estimate of drug-likeness (QED) is 0.738. The summed E-state index contributed by atoms with van der Waals surface area (Å²) in [6.45, 7) is 1.84. The van der Waals surface area contributed by atoms with Gasteiger partial charge in [0.2, 0.25) is 0 Å². The topological polar surface area (TPSA) is 59.2 Å². The van der Waals surface area contributed by atoms with Gasteiger partial charge in [0.05, 0.1) is 18.2 Å². The molecule has 0 aliphatic heterocycles. The van der Waals surface area contributed by atoms with Crippen LogP contribution in [0.15, 0.2) is 29.2 Å². The van der Waals surface area contributed by atoms with Crippen molar-refractivity contribution < 1.29 is 9.53 Å². The lowest BCUT2D eigenvalue weighted by Crippen LogP contribution is -2.06. The molecular weight excluding hydrogens is 206 g/mol. The molecule has 1 N–H and O–H groups in total. The Morgan fingerprint density at radius 1 is 1.38 bits per heavy atom. The fourth-order valence-electron chi connectivity index (χ4n) is 1.70. The van der Waals surface area contributed by atoms with E-state index >= 15 is 0 Å². The Morgan fingerprint density at radius 3 is 2.81 bits per heavy atom. The number of aryl methyl sites for hydroxylation is 1. The summed E-state index contributed by atoms with van der Waals surface area (Å²) in [7, 11) is 1.32. The molecule has 0 fully saturated rings. The minimum atomic E-state index is -0.437. The van der Waals surface area contributed by atoms with Gasteiger partial charge in [0.15, 0.2) is 5.43 Å². The molecule has 0 unspecified atom stereocenters. The molecule has 1 aromatic carbocycles. The molecule has 4 nitrogen and oxygen atoms in total. The van der Waals surface area contributed by atoms with Gasteiger partial charge in [-0.3, -0.25) is 4.79 Å². The van der Waals surface area contributed by atoms with Crippen LogP contribution in [0.4, 0.5) is 0 Å². The zero-order valence-corrected chi connectivity index (χ0v) is 9.03. The second-order valence-electron chi connectivity index (χ2n) is 3.55. The summed E-state index contributed by atoms with van der Waals surface area (Å²) in [4.78, 5) is 26.0. The lowest BCUT2D eigenvalue weighted by Gasteiger charge is -2.04. The zero-order valence-electron chi connectivity index (χ0n) is 9.03. The van der Waals surface area contributed by atoms with Crippen molar-refractivity contribution in [3.63, 3.8) is 0 Å². The molecular formula is C12H11NO3. The Labute approximate surface area is 91.9 Å². The number of carbonyl (C=O) groups excluding carboxylic acids is 1. The molecule has 0 bridgehead atoms. The number of pyridine rings is 1. The minimum Gasteiger partial charge on any atom is -0.465 e. The highest BCUT2D eigenvalue weighted by Crippen LogP contribution is 2.16. The third kappa shape index (κ3) is 1.58. The molecule has 16 heavy (non-hydrogen) atoms. The first-order valence-corrected chi connectivity index (χ1v) is 4.84. The first kappa shape index (κ1) is 10.4. The number of hydrogen-bond donors (Lipinski definition) is 1. The van der Waals surface area contributed by atoms with Crippen LogP contribution < -0.4 is 5.43 Å². The van der Waals surface area contributed by atoms with Crippen LogP contribution in [0.3, 0.4) is 0 Å². The first-order valence-electron chi connectivity index (χ1n) is 4.84. The van der Waals surface area contributed by atoms with E-state index in [1.54, 1.807) is 18.3 Å². The second kappa shape index (κ2) is 3.81. The molecule has 0 spiro atoms. The Kier molecular flexibility index (Phi) is 2.48. The second-order valence-corrected chi connectivity index (χ2v) is 3.55. The Morgan fingerprint density at radius 2 is 2.12 bits per heavy atom. The summed E-state index contributed by atoms with van der Waals surface area (Å²) >= 11 is 0. The number of rotatable bonds is 1. The first-order chi connectivity index (χ1) is 7.63. The number of fused-ring (bicyclic) bond motifs is 1. The Hall–Kier alpha value is -2.10. The Bertz CT molecular complexity index is 613. The fourth-order valence-corrected chi connectivity index (χ4v) is 1.70. The summed E-state index contributed by atoms with van der Waals surface area (Å²) in [6.07, 6.45) is 1.59. The van der Waals surface area contributed by atoms with Gasteiger partial charge in [-0.05, 0) is 24.6 Å². The number of methoxy groups -OCH3 is 1. The highest BCUT2D eigenvalue weighted by Gasteiger charge is 2.09. The molecule has 0 aliphatic carbocycles. The minimum absolute atomic E-state index is 0.109. The van der Waals surface area contributed by atoms with Crippen molar-refractivity contribution in [2.24, 2.45) is 0 Å². The normalized spacial score (nSPS) is 10.4. The van der Waals surface area contributed by atoms with Crippen molar-refractivity contribution >= 4 is 16.9 Å². The molecule has 0 saturated heterocycles. The standard InChI is InChI=1S/C12H11NO3/c1-7-5-8(12(15)16-2)6-9-10(14)3-4-13-11(7)9/h3-6H,1-2H3,(H,13,14). The van der Waals surface area contributed by atoms with E-state index < -0.39 is 5.97 Å². The van der Waals surface area contributed by atoms with E-state index in [4.69, 9.17) is 0 Å². The van der Waals surface area contributed by atoms with Crippen molar-refractivity contribution in [3.8, 4) is 0 Å². The maximum atomic E-state index is 11.6. The predicted octanol–water partition coefficient (Wildman–Crippen LogP) is 1.62. The summed E-state index contributed by atoms with van der Waals surface area (Å²) in [5.74, 6) is -0.437. The van der Waals surface area contributed by atoms with E-state index in [1.165, 1.54) is 13.2 Å². The number of aromatic amines is 1. The molecule has 0 saturated carbocycles. The van der Waals surface area contributed by atoms with Gasteiger partial charge >= 0.3 is 5.97 Å². The average molecular weight is 217 g/mol. The number of carbonyl (C=O) groups is 1. The van der Waals surface area contributed by atoms with Gasteiger partial charge in [-0.2, -0.15) is 0 Å². The van der Waals surface area contributed by atoms with Gasteiger partial charge in [0.1, 0.15) is 0 Å². The van der Waals surface area contributed by atoms with Gasteiger partial charge < -0.3 is 9.72 Å². The van der Waals surface area contributed by atoms with Gasteiger partial charge in [-0.15, -0.1) is 0 Å². The van der Waals surface area contributed by atoms with Crippen LogP contribution in [0, 0.1) is 6.92 Å². The fraction of sp³-hybridized carbons (Fsp3) is 0.167. The van der Waals surface area contributed by atoms with E-state index in [-0.39, 0.29) is 5.43 Å². The average Bonchev–Trinajstić information content (AvgIpc) is 2.29. The van der Waals surface area contributed by atoms with Crippen LogP contribution in [0.5, 0.6) is 0 Å².